The molecule has 1 aromatic heterocycles. The van der Waals surface area contributed by atoms with Crippen molar-refractivity contribution >= 4 is 12.2 Å². The third-order valence-corrected chi connectivity index (χ3v) is 2.42. The maximum Gasteiger partial charge on any atom is 0.216 e. The monoisotopic (exact) mass is 227 g/mol. The van der Waals surface area contributed by atoms with Crippen LogP contribution in [-0.4, -0.2) is 7.11 Å². The van der Waals surface area contributed by atoms with E-state index in [-0.39, 0.29) is 0 Å². The van der Waals surface area contributed by atoms with Gasteiger partial charge in [-0.05, 0) is 29.8 Å². The lowest BCUT2D eigenvalue weighted by atomic mass is 10.2. The van der Waals surface area contributed by atoms with E-state index in [2.05, 4.69) is 0 Å². The van der Waals surface area contributed by atoms with Crippen molar-refractivity contribution in [2.75, 3.05) is 7.11 Å². The second-order valence-corrected chi connectivity index (χ2v) is 3.56. The predicted octanol–water partition coefficient (Wildman–Crippen LogP) is 2.50. The lowest BCUT2D eigenvalue weighted by Crippen LogP contribution is -2.28. The number of nitrogens with zero attached hydrogens (tertiary/aromatic N) is 1. The first-order valence-electron chi connectivity index (χ1n) is 5.30. The number of methoxy groups -OCH3 is 1. The molecule has 1 aromatic carbocycles. The molecular weight excluding hydrogens is 214 g/mol. The number of pyridine rings is 1. The van der Waals surface area contributed by atoms with Crippen molar-refractivity contribution in [3.05, 3.63) is 65.1 Å². The smallest absolute Gasteiger partial charge is 0.216 e. The summed E-state index contributed by atoms with van der Waals surface area (Å²) < 4.78 is 5.91. The first-order chi connectivity index (χ1) is 8.29. The van der Waals surface area contributed by atoms with Crippen LogP contribution in [-0.2, 0) is 0 Å². The van der Waals surface area contributed by atoms with Crippen LogP contribution in [0.3, 0.4) is 0 Å². The average Bonchev–Trinajstić information content (AvgIpc) is 2.38. The molecule has 0 spiro atoms. The maximum absolute atomic E-state index is 11.4. The van der Waals surface area contributed by atoms with Crippen LogP contribution in [0.4, 0.5) is 0 Å². The van der Waals surface area contributed by atoms with Crippen molar-refractivity contribution in [3.8, 4) is 5.75 Å². The summed E-state index contributed by atoms with van der Waals surface area (Å²) in [4.78, 5) is 0. The molecule has 0 saturated carbocycles. The van der Waals surface area contributed by atoms with Gasteiger partial charge in [-0.3, -0.25) is 0 Å². The van der Waals surface area contributed by atoms with Gasteiger partial charge in [-0.15, -0.1) is 0 Å². The minimum Gasteiger partial charge on any atom is -0.618 e. The minimum atomic E-state index is 0.614. The van der Waals surface area contributed by atoms with Crippen LogP contribution in [0.15, 0.2) is 48.7 Å². The zero-order valence-corrected chi connectivity index (χ0v) is 9.54. The molecule has 86 valence electrons. The molecule has 0 N–H and O–H groups in total. The Labute approximate surface area is 100 Å². The molecule has 1 heterocycles. The third kappa shape index (κ3) is 2.84. The number of aromatic nitrogens is 1. The Morgan fingerprint density at radius 1 is 1.06 bits per heavy atom. The van der Waals surface area contributed by atoms with Gasteiger partial charge >= 0.3 is 0 Å². The molecule has 0 aliphatic heterocycles. The standard InChI is InChI=1S/C14H13NO2/c1-17-14-9-6-12(7-10-14)5-8-13-4-2-3-11-15(13)16/h2-11H,1H3/b8-5+. The Morgan fingerprint density at radius 2 is 1.82 bits per heavy atom. The van der Waals surface area contributed by atoms with Crippen LogP contribution < -0.4 is 9.47 Å². The predicted molar refractivity (Wildman–Crippen MR) is 67.3 cm³/mol. The van der Waals surface area contributed by atoms with Gasteiger partial charge in [0.25, 0.3) is 0 Å². The molecule has 0 aliphatic carbocycles. The molecular formula is C14H13NO2. The van der Waals surface area contributed by atoms with Gasteiger partial charge in [0.15, 0.2) is 6.20 Å². The zero-order chi connectivity index (χ0) is 12.1. The molecule has 2 aromatic rings. The van der Waals surface area contributed by atoms with Gasteiger partial charge in [0.2, 0.25) is 5.69 Å². The molecule has 3 heteroatoms. The summed E-state index contributed by atoms with van der Waals surface area (Å²) in [7, 11) is 1.63. The largest absolute Gasteiger partial charge is 0.618 e. The van der Waals surface area contributed by atoms with E-state index in [1.165, 1.54) is 6.20 Å². The van der Waals surface area contributed by atoms with Crippen LogP contribution in [0.25, 0.3) is 12.2 Å². The third-order valence-electron chi connectivity index (χ3n) is 2.42. The van der Waals surface area contributed by atoms with Crippen molar-refractivity contribution in [1.29, 1.82) is 0 Å². The van der Waals surface area contributed by atoms with Gasteiger partial charge in [-0.25, -0.2) is 0 Å². The fourth-order valence-electron chi connectivity index (χ4n) is 1.47. The molecule has 17 heavy (non-hydrogen) atoms. The van der Waals surface area contributed by atoms with Crippen molar-refractivity contribution in [2.45, 2.75) is 0 Å². The van der Waals surface area contributed by atoms with E-state index in [4.69, 9.17) is 4.74 Å². The van der Waals surface area contributed by atoms with Gasteiger partial charge in [0, 0.05) is 18.2 Å². The second kappa shape index (κ2) is 5.16. The van der Waals surface area contributed by atoms with Crippen LogP contribution in [0, 0.1) is 5.21 Å². The first kappa shape index (κ1) is 11.2. The van der Waals surface area contributed by atoms with E-state index in [0.717, 1.165) is 16.0 Å². The summed E-state index contributed by atoms with van der Waals surface area (Å²) in [6.45, 7) is 0. The van der Waals surface area contributed by atoms with E-state index >= 15 is 0 Å². The lowest BCUT2D eigenvalue weighted by molar-refractivity contribution is -0.607. The van der Waals surface area contributed by atoms with Gasteiger partial charge in [-0.2, -0.15) is 4.73 Å². The zero-order valence-electron chi connectivity index (χ0n) is 9.54. The molecule has 3 nitrogen and oxygen atoms in total. The molecule has 0 unspecified atom stereocenters. The molecule has 0 bridgehead atoms. The van der Waals surface area contributed by atoms with Crippen molar-refractivity contribution in [2.24, 2.45) is 0 Å². The number of ether oxygens (including phenoxy) is 1. The Bertz CT molecular complexity index is 518. The highest BCUT2D eigenvalue weighted by Crippen LogP contribution is 2.13. The molecule has 0 atom stereocenters. The molecule has 2 rings (SSSR count). The van der Waals surface area contributed by atoms with Gasteiger partial charge < -0.3 is 9.94 Å². The summed E-state index contributed by atoms with van der Waals surface area (Å²) >= 11 is 0. The highest BCUT2D eigenvalue weighted by molar-refractivity contribution is 5.67. The molecule has 0 saturated heterocycles. The number of benzene rings is 1. The Morgan fingerprint density at radius 3 is 2.47 bits per heavy atom. The summed E-state index contributed by atoms with van der Waals surface area (Å²) in [5.41, 5.74) is 1.64. The highest BCUT2D eigenvalue weighted by atomic mass is 16.5. The lowest BCUT2D eigenvalue weighted by Gasteiger charge is -2.00. The normalized spacial score (nSPS) is 10.6. The van der Waals surface area contributed by atoms with Crippen LogP contribution in [0.2, 0.25) is 0 Å². The quantitative estimate of drug-likeness (QED) is 0.596. The average molecular weight is 227 g/mol. The molecule has 0 radical (unpaired) electrons. The van der Waals surface area contributed by atoms with Gasteiger partial charge in [0.05, 0.1) is 7.11 Å². The van der Waals surface area contributed by atoms with Gasteiger partial charge in [0.1, 0.15) is 5.75 Å². The van der Waals surface area contributed by atoms with Crippen molar-refractivity contribution < 1.29 is 9.47 Å². The van der Waals surface area contributed by atoms with Crippen molar-refractivity contribution in [1.82, 2.24) is 0 Å². The van der Waals surface area contributed by atoms with E-state index in [0.29, 0.717) is 5.69 Å². The van der Waals surface area contributed by atoms with E-state index in [1.807, 2.05) is 36.4 Å². The minimum absolute atomic E-state index is 0.614. The summed E-state index contributed by atoms with van der Waals surface area (Å²) in [5.74, 6) is 0.820. The number of hydrogen-bond acceptors (Lipinski definition) is 2. The topological polar surface area (TPSA) is 36.2 Å². The Hall–Kier alpha value is -2.29. The SMILES string of the molecule is COc1ccc(/C=C/c2cccc[n+]2[O-])cc1. The number of rotatable bonds is 3. The second-order valence-electron chi connectivity index (χ2n) is 3.56. The summed E-state index contributed by atoms with van der Waals surface area (Å²) in [6, 6.07) is 13.0. The Balaban J connectivity index is 2.17. The maximum atomic E-state index is 11.4. The van der Waals surface area contributed by atoms with Gasteiger partial charge in [-0.1, -0.05) is 12.1 Å². The van der Waals surface area contributed by atoms with E-state index < -0.39 is 0 Å². The molecule has 0 fully saturated rings. The van der Waals surface area contributed by atoms with E-state index in [9.17, 15) is 5.21 Å². The fourth-order valence-corrected chi connectivity index (χ4v) is 1.47. The summed E-state index contributed by atoms with van der Waals surface area (Å²) in [5, 5.41) is 11.4. The van der Waals surface area contributed by atoms with Crippen molar-refractivity contribution in [3.63, 3.8) is 0 Å². The van der Waals surface area contributed by atoms with Crippen LogP contribution in [0.1, 0.15) is 11.3 Å². The molecule has 0 aliphatic rings. The first-order valence-corrected chi connectivity index (χ1v) is 5.30. The molecule has 0 amide bonds. The van der Waals surface area contributed by atoms with Crippen LogP contribution >= 0.6 is 0 Å². The number of hydrogen-bond donors (Lipinski definition) is 0. The van der Waals surface area contributed by atoms with Crippen LogP contribution in [0.5, 0.6) is 5.75 Å². The van der Waals surface area contributed by atoms with E-state index in [1.54, 1.807) is 25.3 Å². The fraction of sp³-hybridized carbons (Fsp3) is 0.0714. The summed E-state index contributed by atoms with van der Waals surface area (Å²) in [6.07, 6.45) is 5.16. The Kier molecular flexibility index (Phi) is 3.40. The highest BCUT2D eigenvalue weighted by Gasteiger charge is 1.97.